The highest BCUT2D eigenvalue weighted by atomic mass is 16.6. The zero-order valence-electron chi connectivity index (χ0n) is 29.3. The predicted molar refractivity (Wildman–Crippen MR) is 182 cm³/mol. The Morgan fingerprint density at radius 3 is 2.30 bits per heavy atom. The van der Waals surface area contributed by atoms with Gasteiger partial charge >= 0.3 is 12.1 Å². The number of H-pyrrole nitrogens is 1. The van der Waals surface area contributed by atoms with Crippen LogP contribution in [0.25, 0.3) is 21.9 Å². The molecule has 4 atom stereocenters. The molecule has 252 valence electrons. The van der Waals surface area contributed by atoms with E-state index >= 15 is 0 Å². The smallest absolute Gasteiger partial charge is 0.415 e. The summed E-state index contributed by atoms with van der Waals surface area (Å²) >= 11 is 0. The number of carbonyl (C=O) groups excluding carboxylic acids is 2. The number of amides is 1. The van der Waals surface area contributed by atoms with Crippen LogP contribution in [0.3, 0.4) is 0 Å². The van der Waals surface area contributed by atoms with Crippen LogP contribution in [0.15, 0.2) is 35.9 Å². The molecule has 0 spiro atoms. The van der Waals surface area contributed by atoms with Gasteiger partial charge in [-0.2, -0.15) is 0 Å². The number of fused-ring (bicyclic) bond motifs is 1. The molecule has 2 aromatic heterocycles. The molecule has 0 bridgehead atoms. The molecule has 2 fully saturated rings. The van der Waals surface area contributed by atoms with E-state index in [4.69, 9.17) is 25.8 Å². The Balaban J connectivity index is 1.61. The number of allylic oxidation sites excluding steroid dienone is 1. The molecular formula is C37H49N5O5. The number of aromatic amines is 1. The van der Waals surface area contributed by atoms with Gasteiger partial charge in [0.1, 0.15) is 11.7 Å². The van der Waals surface area contributed by atoms with Gasteiger partial charge in [-0.3, -0.25) is 5.10 Å². The topological polar surface area (TPSA) is 103 Å². The fourth-order valence-electron chi connectivity index (χ4n) is 6.86. The van der Waals surface area contributed by atoms with Crippen molar-refractivity contribution in [3.63, 3.8) is 0 Å². The first-order chi connectivity index (χ1) is 22.1. The van der Waals surface area contributed by atoms with Crippen LogP contribution in [0.4, 0.5) is 10.5 Å². The first-order valence-electron chi connectivity index (χ1n) is 16.6. The molecule has 1 aliphatic carbocycles. The molecule has 2 aliphatic rings. The van der Waals surface area contributed by atoms with Crippen LogP contribution in [0, 0.1) is 29.7 Å². The molecule has 1 saturated carbocycles. The fourth-order valence-corrected chi connectivity index (χ4v) is 6.86. The molecule has 3 heterocycles. The average Bonchev–Trinajstić information content (AvgIpc) is 3.55. The zero-order chi connectivity index (χ0) is 34.3. The third-order valence-electron chi connectivity index (χ3n) is 9.36. The van der Waals surface area contributed by atoms with Gasteiger partial charge in [0.05, 0.1) is 19.8 Å². The molecule has 10 heteroatoms. The van der Waals surface area contributed by atoms with Crippen molar-refractivity contribution in [3.05, 3.63) is 58.5 Å². The highest BCUT2D eigenvalue weighted by molar-refractivity contribution is 6.05. The Morgan fingerprint density at radius 1 is 1.06 bits per heavy atom. The highest BCUT2D eigenvalue weighted by Crippen LogP contribution is 2.46. The van der Waals surface area contributed by atoms with Crippen LogP contribution >= 0.6 is 0 Å². The van der Waals surface area contributed by atoms with E-state index in [2.05, 4.69) is 78.3 Å². The second kappa shape index (κ2) is 13.2. The number of hydrogen-bond acceptors (Lipinski definition) is 6. The molecule has 1 amide bonds. The van der Waals surface area contributed by atoms with E-state index in [1.54, 1.807) is 0 Å². The van der Waals surface area contributed by atoms with Gasteiger partial charge in [-0.05, 0) is 49.0 Å². The van der Waals surface area contributed by atoms with Gasteiger partial charge in [0.15, 0.2) is 11.5 Å². The maximum atomic E-state index is 14.4. The number of hydrogen-bond donors (Lipinski definition) is 1. The van der Waals surface area contributed by atoms with Crippen molar-refractivity contribution in [1.82, 2.24) is 19.5 Å². The van der Waals surface area contributed by atoms with Crippen molar-refractivity contribution in [2.45, 2.75) is 86.7 Å². The number of ether oxygens (including phenoxy) is 3. The maximum absolute atomic E-state index is 14.4. The normalized spacial score (nSPS) is 22.1. The van der Waals surface area contributed by atoms with Crippen LogP contribution in [-0.4, -0.2) is 64.0 Å². The molecular weight excluding hydrogens is 594 g/mol. The quantitative estimate of drug-likeness (QED) is 0.171. The van der Waals surface area contributed by atoms with Gasteiger partial charge in [-0.25, -0.2) is 23.9 Å². The van der Waals surface area contributed by atoms with E-state index in [0.29, 0.717) is 38.0 Å². The highest BCUT2D eigenvalue weighted by Gasteiger charge is 2.44. The summed E-state index contributed by atoms with van der Waals surface area (Å²) in [5.41, 5.74) is 3.02. The Kier molecular flexibility index (Phi) is 9.61. The van der Waals surface area contributed by atoms with E-state index in [0.717, 1.165) is 24.0 Å². The molecule has 1 aliphatic heterocycles. The zero-order valence-corrected chi connectivity index (χ0v) is 29.3. The minimum Gasteiger partial charge on any atom is -0.459 e. The Morgan fingerprint density at radius 2 is 1.72 bits per heavy atom. The van der Waals surface area contributed by atoms with Gasteiger partial charge in [-0.1, -0.05) is 84.4 Å². The van der Waals surface area contributed by atoms with Crippen molar-refractivity contribution >= 4 is 23.4 Å². The number of rotatable bonds is 5. The van der Waals surface area contributed by atoms with Gasteiger partial charge < -0.3 is 19.1 Å². The summed E-state index contributed by atoms with van der Waals surface area (Å²) in [4.78, 5) is 37.7. The number of nitrogens with one attached hydrogen (secondary N) is 1. The molecule has 5 rings (SSSR count). The van der Waals surface area contributed by atoms with Gasteiger partial charge in [-0.15, -0.1) is 0 Å². The van der Waals surface area contributed by atoms with Crippen LogP contribution in [-0.2, 0) is 14.9 Å². The summed E-state index contributed by atoms with van der Waals surface area (Å²) in [6, 6.07) is 8.03. The molecule has 1 aromatic carbocycles. The largest absolute Gasteiger partial charge is 0.459 e. The van der Waals surface area contributed by atoms with Crippen molar-refractivity contribution in [2.24, 2.45) is 23.2 Å². The first kappa shape index (κ1) is 34.2. The first-order valence-corrected chi connectivity index (χ1v) is 16.6. The van der Waals surface area contributed by atoms with E-state index in [-0.39, 0.29) is 45.4 Å². The van der Waals surface area contributed by atoms with Crippen molar-refractivity contribution in [1.29, 1.82) is 0 Å². The van der Waals surface area contributed by atoms with Crippen molar-refractivity contribution < 1.29 is 23.8 Å². The molecule has 10 nitrogen and oxygen atoms in total. The molecule has 0 radical (unpaired) electrons. The molecule has 4 unspecified atom stereocenters. The summed E-state index contributed by atoms with van der Waals surface area (Å²) < 4.78 is 19.2. The number of aromatic nitrogens is 3. The second-order valence-corrected chi connectivity index (χ2v) is 15.5. The summed E-state index contributed by atoms with van der Waals surface area (Å²) in [5, 5.41) is 3.20. The minimum atomic E-state index is -0.649. The average molecular weight is 644 g/mol. The summed E-state index contributed by atoms with van der Waals surface area (Å²) in [7, 11) is 0. The number of carbonyl (C=O) groups is 2. The van der Waals surface area contributed by atoms with Gasteiger partial charge in [0.2, 0.25) is 5.88 Å². The van der Waals surface area contributed by atoms with Crippen molar-refractivity contribution in [3.8, 4) is 17.3 Å². The number of nitrogens with zero attached hydrogens (tertiary/aromatic N) is 4. The molecule has 1 N–H and O–H groups in total. The van der Waals surface area contributed by atoms with Crippen LogP contribution < -0.4 is 4.74 Å². The number of benzene rings is 1. The second-order valence-electron chi connectivity index (χ2n) is 15.5. The van der Waals surface area contributed by atoms with E-state index < -0.39 is 18.2 Å². The third kappa shape index (κ3) is 7.25. The Hall–Kier alpha value is -4.10. The SMILES string of the molecule is [C-]#[N+]c1c(C(=O)OC2C(C=C(C)C)CC(C)CC2C(C)(C)C)c2nc(-c3ccc(C(C)(C)C)cc3)[nH]n2c1OC(=O)N1CCOCC1. The van der Waals surface area contributed by atoms with Crippen LogP contribution in [0.5, 0.6) is 5.88 Å². The van der Waals surface area contributed by atoms with Crippen LogP contribution in [0.2, 0.25) is 0 Å². The van der Waals surface area contributed by atoms with E-state index in [9.17, 15) is 9.59 Å². The molecule has 3 aromatic rings. The Labute approximate surface area is 278 Å². The lowest BCUT2D eigenvalue weighted by molar-refractivity contribution is -0.0535. The summed E-state index contributed by atoms with van der Waals surface area (Å²) in [6.45, 7) is 29.0. The van der Waals surface area contributed by atoms with Gasteiger partial charge in [0.25, 0.3) is 5.69 Å². The lowest BCUT2D eigenvalue weighted by atomic mass is 9.64. The maximum Gasteiger partial charge on any atom is 0.415 e. The monoisotopic (exact) mass is 643 g/mol. The third-order valence-corrected chi connectivity index (χ3v) is 9.36. The van der Waals surface area contributed by atoms with E-state index in [1.807, 2.05) is 24.3 Å². The number of esters is 1. The van der Waals surface area contributed by atoms with Crippen molar-refractivity contribution in [2.75, 3.05) is 26.3 Å². The summed E-state index contributed by atoms with van der Waals surface area (Å²) in [6.07, 6.45) is 3.01. The van der Waals surface area contributed by atoms with E-state index in [1.165, 1.54) is 15.0 Å². The molecule has 47 heavy (non-hydrogen) atoms. The predicted octanol–water partition coefficient (Wildman–Crippen LogP) is 8.21. The summed E-state index contributed by atoms with van der Waals surface area (Å²) in [5.74, 6) is 0.329. The standard InChI is InChI=1S/C37H49N5O5/c1-22(2)19-25-20-23(3)21-27(37(7,8)9)30(25)46-34(43)28-29(38-10)33(47-35(44)41-15-17-45-18-16-41)42-32(28)39-31(40-42)24-11-13-26(14-12-24)36(4,5)6/h11-14,19,23,25,27,30H,15-18,20-21H2,1-9H3,(H,39,40). The molecule has 1 saturated heterocycles. The fraction of sp³-hybridized carbons (Fsp3) is 0.568. The Bertz CT molecular complexity index is 1690. The van der Waals surface area contributed by atoms with Crippen LogP contribution in [0.1, 0.15) is 91.1 Å². The lowest BCUT2D eigenvalue weighted by Gasteiger charge is -2.45. The minimum absolute atomic E-state index is 0.0131. The number of morpholine rings is 1. The van der Waals surface area contributed by atoms with Gasteiger partial charge in [0, 0.05) is 30.5 Å². The lowest BCUT2D eigenvalue weighted by Crippen LogP contribution is -2.45.